The highest BCUT2D eigenvalue weighted by Crippen LogP contribution is 2.09. The molecule has 1 amide bonds. The van der Waals surface area contributed by atoms with Gasteiger partial charge < -0.3 is 15.7 Å². The first kappa shape index (κ1) is 13.9. The molecule has 1 rings (SSSR count). The van der Waals surface area contributed by atoms with Crippen molar-refractivity contribution in [1.29, 1.82) is 0 Å². The van der Waals surface area contributed by atoms with Gasteiger partial charge in [-0.15, -0.1) is 0 Å². The summed E-state index contributed by atoms with van der Waals surface area (Å²) in [5.74, 6) is -0.0521. The Bertz CT molecular complexity index is 197. The van der Waals surface area contributed by atoms with Crippen LogP contribution in [0.25, 0.3) is 0 Å². The van der Waals surface area contributed by atoms with Crippen molar-refractivity contribution >= 4 is 11.9 Å². The predicted octanol–water partition coefficient (Wildman–Crippen LogP) is 0.213. The van der Waals surface area contributed by atoms with Crippen molar-refractivity contribution in [3.05, 3.63) is 0 Å². The van der Waals surface area contributed by atoms with Gasteiger partial charge in [0.1, 0.15) is 0 Å². The SMILES string of the molecule is CC(=O)NCC1CCNCC1.CC(=O)O. The van der Waals surface area contributed by atoms with Gasteiger partial charge in [0.2, 0.25) is 5.91 Å². The minimum Gasteiger partial charge on any atom is -0.481 e. The van der Waals surface area contributed by atoms with Gasteiger partial charge in [-0.3, -0.25) is 9.59 Å². The van der Waals surface area contributed by atoms with Gasteiger partial charge >= 0.3 is 0 Å². The number of amides is 1. The van der Waals surface area contributed by atoms with Gasteiger partial charge in [0, 0.05) is 20.4 Å². The van der Waals surface area contributed by atoms with Gasteiger partial charge in [-0.1, -0.05) is 0 Å². The molecule has 15 heavy (non-hydrogen) atoms. The molecule has 0 radical (unpaired) electrons. The molecular weight excluding hydrogens is 196 g/mol. The second-order valence-corrected chi connectivity index (χ2v) is 3.65. The van der Waals surface area contributed by atoms with Crippen LogP contribution in [-0.4, -0.2) is 36.6 Å². The maximum absolute atomic E-state index is 10.6. The number of hydrogen-bond donors (Lipinski definition) is 3. The van der Waals surface area contributed by atoms with E-state index in [-0.39, 0.29) is 5.91 Å². The van der Waals surface area contributed by atoms with E-state index >= 15 is 0 Å². The average Bonchev–Trinajstić information content (AvgIpc) is 2.15. The third-order valence-corrected chi connectivity index (χ3v) is 2.10. The summed E-state index contributed by atoms with van der Waals surface area (Å²) in [4.78, 5) is 19.6. The first-order valence-electron chi connectivity index (χ1n) is 5.17. The van der Waals surface area contributed by atoms with Crippen LogP contribution in [0.4, 0.5) is 0 Å². The summed E-state index contributed by atoms with van der Waals surface area (Å²) in [6, 6.07) is 0. The first-order chi connectivity index (χ1) is 7.02. The number of carboxylic acid groups (broad SMARTS) is 1. The maximum Gasteiger partial charge on any atom is 0.300 e. The van der Waals surface area contributed by atoms with Crippen LogP contribution in [0.2, 0.25) is 0 Å². The van der Waals surface area contributed by atoms with E-state index in [1.807, 2.05) is 0 Å². The number of rotatable bonds is 2. The summed E-state index contributed by atoms with van der Waals surface area (Å²) >= 11 is 0. The number of carbonyl (C=O) groups excluding carboxylic acids is 1. The van der Waals surface area contributed by atoms with Gasteiger partial charge in [-0.2, -0.15) is 0 Å². The maximum atomic E-state index is 10.6. The van der Waals surface area contributed by atoms with Crippen molar-refractivity contribution in [3.8, 4) is 0 Å². The summed E-state index contributed by atoms with van der Waals surface area (Å²) < 4.78 is 0. The molecule has 0 bridgehead atoms. The minimum atomic E-state index is -0.833. The lowest BCUT2D eigenvalue weighted by atomic mass is 9.98. The van der Waals surface area contributed by atoms with Crippen LogP contribution >= 0.6 is 0 Å². The Balaban J connectivity index is 0.000000423. The fourth-order valence-corrected chi connectivity index (χ4v) is 1.37. The third kappa shape index (κ3) is 10.8. The second kappa shape index (κ2) is 8.23. The van der Waals surface area contributed by atoms with Crippen molar-refractivity contribution in [2.45, 2.75) is 26.7 Å². The molecule has 3 N–H and O–H groups in total. The topological polar surface area (TPSA) is 78.4 Å². The lowest BCUT2D eigenvalue weighted by molar-refractivity contribution is -0.134. The molecule has 1 aliphatic heterocycles. The Morgan fingerprint density at radius 1 is 1.33 bits per heavy atom. The third-order valence-electron chi connectivity index (χ3n) is 2.10. The molecule has 0 aliphatic carbocycles. The molecule has 0 atom stereocenters. The van der Waals surface area contributed by atoms with E-state index in [9.17, 15) is 4.79 Å². The molecule has 1 aliphatic rings. The molecule has 88 valence electrons. The average molecular weight is 216 g/mol. The van der Waals surface area contributed by atoms with Crippen LogP contribution in [0.5, 0.6) is 0 Å². The Morgan fingerprint density at radius 3 is 2.20 bits per heavy atom. The van der Waals surface area contributed by atoms with Crippen LogP contribution in [0, 0.1) is 5.92 Å². The standard InChI is InChI=1S/C8H16N2O.C2H4O2/c1-7(11)10-6-8-2-4-9-5-3-8;1-2(3)4/h8-9H,2-6H2,1H3,(H,10,11);1H3,(H,3,4). The molecule has 1 fully saturated rings. The number of carboxylic acids is 1. The van der Waals surface area contributed by atoms with E-state index < -0.39 is 5.97 Å². The Labute approximate surface area is 90.2 Å². The highest BCUT2D eigenvalue weighted by atomic mass is 16.4. The summed E-state index contributed by atoms with van der Waals surface area (Å²) in [7, 11) is 0. The van der Waals surface area contributed by atoms with Gasteiger partial charge in [-0.25, -0.2) is 0 Å². The van der Waals surface area contributed by atoms with Gasteiger partial charge in [0.15, 0.2) is 0 Å². The number of aliphatic carboxylic acids is 1. The number of piperidine rings is 1. The van der Waals surface area contributed by atoms with E-state index in [0.717, 1.165) is 26.6 Å². The van der Waals surface area contributed by atoms with Crippen molar-refractivity contribution in [2.24, 2.45) is 5.92 Å². The Hall–Kier alpha value is -1.10. The highest BCUT2D eigenvalue weighted by molar-refractivity contribution is 5.72. The first-order valence-corrected chi connectivity index (χ1v) is 5.17. The van der Waals surface area contributed by atoms with Crippen LogP contribution in [0.3, 0.4) is 0 Å². The predicted molar refractivity (Wildman–Crippen MR) is 57.6 cm³/mol. The van der Waals surface area contributed by atoms with Crippen molar-refractivity contribution in [2.75, 3.05) is 19.6 Å². The number of carbonyl (C=O) groups is 2. The molecule has 0 saturated carbocycles. The molecule has 1 saturated heterocycles. The van der Waals surface area contributed by atoms with Crippen LogP contribution < -0.4 is 10.6 Å². The minimum absolute atomic E-state index is 0.0866. The summed E-state index contributed by atoms with van der Waals surface area (Å²) in [6.45, 7) is 5.71. The Kier molecular flexibility index (Phi) is 7.62. The molecule has 5 heteroatoms. The molecule has 0 spiro atoms. The molecular formula is C10H20N2O3. The van der Waals surface area contributed by atoms with Crippen LogP contribution in [0.15, 0.2) is 0 Å². The summed E-state index contributed by atoms with van der Waals surface area (Å²) in [5.41, 5.74) is 0. The summed E-state index contributed by atoms with van der Waals surface area (Å²) in [6.07, 6.45) is 2.39. The lowest BCUT2D eigenvalue weighted by Gasteiger charge is -2.22. The zero-order chi connectivity index (χ0) is 11.7. The zero-order valence-corrected chi connectivity index (χ0v) is 9.38. The fraction of sp³-hybridized carbons (Fsp3) is 0.800. The van der Waals surface area contributed by atoms with Gasteiger partial charge in [0.05, 0.1) is 0 Å². The zero-order valence-electron chi connectivity index (χ0n) is 9.38. The quantitative estimate of drug-likeness (QED) is 0.616. The molecule has 1 heterocycles. The van der Waals surface area contributed by atoms with Crippen molar-refractivity contribution in [3.63, 3.8) is 0 Å². The van der Waals surface area contributed by atoms with E-state index in [2.05, 4.69) is 10.6 Å². The number of hydrogen-bond acceptors (Lipinski definition) is 3. The fourth-order valence-electron chi connectivity index (χ4n) is 1.37. The second-order valence-electron chi connectivity index (χ2n) is 3.65. The van der Waals surface area contributed by atoms with Gasteiger partial charge in [0.25, 0.3) is 5.97 Å². The van der Waals surface area contributed by atoms with E-state index in [0.29, 0.717) is 5.92 Å². The lowest BCUT2D eigenvalue weighted by Crippen LogP contribution is -2.35. The highest BCUT2D eigenvalue weighted by Gasteiger charge is 2.12. The van der Waals surface area contributed by atoms with E-state index in [1.165, 1.54) is 12.8 Å². The Morgan fingerprint density at radius 2 is 1.80 bits per heavy atom. The van der Waals surface area contributed by atoms with Crippen molar-refractivity contribution in [1.82, 2.24) is 10.6 Å². The van der Waals surface area contributed by atoms with Gasteiger partial charge in [-0.05, 0) is 31.8 Å². The molecule has 0 unspecified atom stereocenters. The van der Waals surface area contributed by atoms with E-state index in [1.54, 1.807) is 6.92 Å². The molecule has 0 aromatic heterocycles. The van der Waals surface area contributed by atoms with Crippen molar-refractivity contribution < 1.29 is 14.7 Å². The largest absolute Gasteiger partial charge is 0.481 e. The van der Waals surface area contributed by atoms with E-state index in [4.69, 9.17) is 9.90 Å². The smallest absolute Gasteiger partial charge is 0.300 e. The number of nitrogens with one attached hydrogen (secondary N) is 2. The normalized spacial score (nSPS) is 16.1. The summed E-state index contributed by atoms with van der Waals surface area (Å²) in [5, 5.41) is 13.6. The molecule has 0 aromatic carbocycles. The van der Waals surface area contributed by atoms with Crippen LogP contribution in [-0.2, 0) is 9.59 Å². The molecule has 0 aromatic rings. The van der Waals surface area contributed by atoms with Crippen LogP contribution in [0.1, 0.15) is 26.7 Å². The molecule has 5 nitrogen and oxygen atoms in total. The monoisotopic (exact) mass is 216 g/mol.